The maximum Gasteiger partial charge on any atom is 0.236 e. The molecule has 1 N–H and O–H groups in total. The van der Waals surface area contributed by atoms with Crippen molar-refractivity contribution in [3.05, 3.63) is 35.4 Å². The third-order valence-electron chi connectivity index (χ3n) is 4.24. The van der Waals surface area contributed by atoms with E-state index in [-0.39, 0.29) is 12.0 Å². The molecule has 0 bridgehead atoms. The van der Waals surface area contributed by atoms with Gasteiger partial charge in [-0.05, 0) is 37.4 Å². The number of carbonyl (C=O) groups is 1. The number of halogens is 1. The van der Waals surface area contributed by atoms with E-state index in [1.54, 1.807) is 14.2 Å². The van der Waals surface area contributed by atoms with Crippen molar-refractivity contribution in [3.8, 4) is 11.5 Å². The van der Waals surface area contributed by atoms with E-state index in [4.69, 9.17) is 21.1 Å². The first kappa shape index (κ1) is 16.9. The SMILES string of the molecule is CNCC(=O)N1CCC(Oc2ccc(OC)c3ccc(Cl)cc23)C1. The summed E-state index contributed by atoms with van der Waals surface area (Å²) in [5.41, 5.74) is 0. The van der Waals surface area contributed by atoms with Gasteiger partial charge in [0.05, 0.1) is 20.2 Å². The van der Waals surface area contributed by atoms with Crippen LogP contribution in [0, 0.1) is 0 Å². The Balaban J connectivity index is 1.81. The van der Waals surface area contributed by atoms with Crippen LogP contribution in [0.25, 0.3) is 10.8 Å². The number of benzene rings is 2. The lowest BCUT2D eigenvalue weighted by Gasteiger charge is -2.18. The maximum absolute atomic E-state index is 12.0. The molecule has 1 amide bonds. The van der Waals surface area contributed by atoms with Gasteiger partial charge in [-0.2, -0.15) is 0 Å². The van der Waals surface area contributed by atoms with Gasteiger partial charge in [0.25, 0.3) is 0 Å². The van der Waals surface area contributed by atoms with Crippen LogP contribution in [0.5, 0.6) is 11.5 Å². The van der Waals surface area contributed by atoms with E-state index < -0.39 is 0 Å². The number of nitrogens with zero attached hydrogens (tertiary/aromatic N) is 1. The number of likely N-dealkylation sites (tertiary alicyclic amines) is 1. The summed E-state index contributed by atoms with van der Waals surface area (Å²) in [7, 11) is 3.42. The number of nitrogens with one attached hydrogen (secondary N) is 1. The zero-order valence-electron chi connectivity index (χ0n) is 13.8. The first-order chi connectivity index (χ1) is 11.6. The first-order valence-corrected chi connectivity index (χ1v) is 8.35. The fourth-order valence-corrected chi connectivity index (χ4v) is 3.21. The molecular weight excluding hydrogens is 328 g/mol. The van der Waals surface area contributed by atoms with E-state index in [1.165, 1.54) is 0 Å². The molecule has 3 rings (SSSR count). The van der Waals surface area contributed by atoms with Crippen molar-refractivity contribution in [3.63, 3.8) is 0 Å². The monoisotopic (exact) mass is 348 g/mol. The van der Waals surface area contributed by atoms with Gasteiger partial charge in [0.1, 0.15) is 17.6 Å². The van der Waals surface area contributed by atoms with E-state index in [0.717, 1.165) is 35.2 Å². The van der Waals surface area contributed by atoms with Crippen LogP contribution in [-0.4, -0.2) is 50.7 Å². The molecular formula is C18H21ClN2O3. The third-order valence-corrected chi connectivity index (χ3v) is 4.47. The molecule has 0 aromatic heterocycles. The topological polar surface area (TPSA) is 50.8 Å². The molecule has 1 fully saturated rings. The molecule has 5 nitrogen and oxygen atoms in total. The number of rotatable bonds is 5. The van der Waals surface area contributed by atoms with Crippen molar-refractivity contribution in [2.75, 3.05) is 33.8 Å². The van der Waals surface area contributed by atoms with E-state index in [1.807, 2.05) is 35.2 Å². The highest BCUT2D eigenvalue weighted by Gasteiger charge is 2.27. The number of fused-ring (bicyclic) bond motifs is 1. The summed E-state index contributed by atoms with van der Waals surface area (Å²) in [5.74, 6) is 1.65. The molecule has 128 valence electrons. The van der Waals surface area contributed by atoms with Gasteiger partial charge in [-0.15, -0.1) is 0 Å². The molecule has 6 heteroatoms. The Bertz CT molecular complexity index is 750. The number of amides is 1. The van der Waals surface area contributed by atoms with E-state index >= 15 is 0 Å². The average molecular weight is 349 g/mol. The van der Waals surface area contributed by atoms with E-state index in [9.17, 15) is 4.79 Å². The van der Waals surface area contributed by atoms with Crippen molar-refractivity contribution in [1.82, 2.24) is 10.2 Å². The molecule has 1 saturated heterocycles. The number of hydrogen-bond acceptors (Lipinski definition) is 4. The highest BCUT2D eigenvalue weighted by molar-refractivity contribution is 6.31. The molecule has 2 aromatic rings. The molecule has 1 aliphatic heterocycles. The van der Waals surface area contributed by atoms with Crippen LogP contribution in [0.4, 0.5) is 0 Å². The Morgan fingerprint density at radius 3 is 2.83 bits per heavy atom. The summed E-state index contributed by atoms with van der Waals surface area (Å²) in [6.45, 7) is 1.68. The Kier molecular flexibility index (Phi) is 5.11. The molecule has 0 spiro atoms. The molecule has 24 heavy (non-hydrogen) atoms. The second-order valence-electron chi connectivity index (χ2n) is 5.85. The van der Waals surface area contributed by atoms with Crippen LogP contribution in [0.15, 0.2) is 30.3 Å². The van der Waals surface area contributed by atoms with Gasteiger partial charge in [0.2, 0.25) is 5.91 Å². The number of ether oxygens (including phenoxy) is 2. The average Bonchev–Trinajstić information content (AvgIpc) is 3.04. The number of hydrogen-bond donors (Lipinski definition) is 1. The highest BCUT2D eigenvalue weighted by Crippen LogP contribution is 2.35. The highest BCUT2D eigenvalue weighted by atomic mass is 35.5. The number of carbonyl (C=O) groups excluding carboxylic acids is 1. The Morgan fingerprint density at radius 1 is 1.29 bits per heavy atom. The molecule has 1 unspecified atom stereocenters. The van der Waals surface area contributed by atoms with Crippen molar-refractivity contribution in [2.45, 2.75) is 12.5 Å². The lowest BCUT2D eigenvalue weighted by molar-refractivity contribution is -0.129. The van der Waals surface area contributed by atoms with Crippen molar-refractivity contribution in [1.29, 1.82) is 0 Å². The molecule has 1 aliphatic rings. The van der Waals surface area contributed by atoms with Crippen LogP contribution in [-0.2, 0) is 4.79 Å². The minimum atomic E-state index is -0.0126. The second-order valence-corrected chi connectivity index (χ2v) is 6.29. The minimum absolute atomic E-state index is 0.0126. The maximum atomic E-state index is 12.0. The fraction of sp³-hybridized carbons (Fsp3) is 0.389. The van der Waals surface area contributed by atoms with Crippen LogP contribution in [0.1, 0.15) is 6.42 Å². The molecule has 1 atom stereocenters. The molecule has 0 aliphatic carbocycles. The smallest absolute Gasteiger partial charge is 0.236 e. The largest absolute Gasteiger partial charge is 0.496 e. The van der Waals surface area contributed by atoms with E-state index in [0.29, 0.717) is 18.1 Å². The van der Waals surface area contributed by atoms with Gasteiger partial charge < -0.3 is 19.7 Å². The molecule has 0 saturated carbocycles. The normalized spacial score (nSPS) is 17.3. The number of likely N-dealkylation sites (N-methyl/N-ethyl adjacent to an activating group) is 1. The quantitative estimate of drug-likeness (QED) is 0.902. The van der Waals surface area contributed by atoms with Crippen LogP contribution >= 0.6 is 11.6 Å². The lowest BCUT2D eigenvalue weighted by Crippen LogP contribution is -2.36. The summed E-state index contributed by atoms with van der Waals surface area (Å²) < 4.78 is 11.6. The Hall–Kier alpha value is -1.98. The molecule has 1 heterocycles. The third kappa shape index (κ3) is 3.42. The molecule has 2 aromatic carbocycles. The summed E-state index contributed by atoms with van der Waals surface area (Å²) in [5, 5.41) is 5.42. The van der Waals surface area contributed by atoms with Gasteiger partial charge in [0.15, 0.2) is 0 Å². The summed E-state index contributed by atoms with van der Waals surface area (Å²) >= 11 is 6.15. The summed E-state index contributed by atoms with van der Waals surface area (Å²) in [4.78, 5) is 13.8. The first-order valence-electron chi connectivity index (χ1n) is 7.97. The zero-order chi connectivity index (χ0) is 17.1. The second kappa shape index (κ2) is 7.28. The standard InChI is InChI=1S/C18H21ClN2O3/c1-20-10-18(22)21-8-7-13(11-21)24-17-6-5-16(23-2)14-4-3-12(19)9-15(14)17/h3-6,9,13,20H,7-8,10-11H2,1-2H3. The van der Waals surface area contributed by atoms with Gasteiger partial charge in [-0.25, -0.2) is 0 Å². The number of methoxy groups -OCH3 is 1. The van der Waals surface area contributed by atoms with Crippen molar-refractivity contribution < 1.29 is 14.3 Å². The zero-order valence-corrected chi connectivity index (χ0v) is 14.6. The van der Waals surface area contributed by atoms with Crippen molar-refractivity contribution in [2.24, 2.45) is 0 Å². The predicted octanol–water partition coefficient (Wildman–Crippen LogP) is 2.70. The van der Waals surface area contributed by atoms with Gasteiger partial charge in [0, 0.05) is 28.8 Å². The Morgan fingerprint density at radius 2 is 2.08 bits per heavy atom. The minimum Gasteiger partial charge on any atom is -0.496 e. The Labute approximate surface area is 146 Å². The van der Waals surface area contributed by atoms with Crippen molar-refractivity contribution >= 4 is 28.3 Å². The van der Waals surface area contributed by atoms with Gasteiger partial charge in [-0.3, -0.25) is 4.79 Å². The lowest BCUT2D eigenvalue weighted by atomic mass is 10.1. The van der Waals surface area contributed by atoms with Crippen LogP contribution in [0.2, 0.25) is 5.02 Å². The van der Waals surface area contributed by atoms with Gasteiger partial charge in [-0.1, -0.05) is 11.6 Å². The van der Waals surface area contributed by atoms with Gasteiger partial charge >= 0.3 is 0 Å². The summed E-state index contributed by atoms with van der Waals surface area (Å²) in [6.07, 6.45) is 0.810. The summed E-state index contributed by atoms with van der Waals surface area (Å²) in [6, 6.07) is 9.44. The van der Waals surface area contributed by atoms with Crippen LogP contribution < -0.4 is 14.8 Å². The van der Waals surface area contributed by atoms with Crippen LogP contribution in [0.3, 0.4) is 0 Å². The predicted molar refractivity (Wildman–Crippen MR) is 95.0 cm³/mol. The molecule has 0 radical (unpaired) electrons. The fourth-order valence-electron chi connectivity index (χ4n) is 3.04. The van der Waals surface area contributed by atoms with E-state index in [2.05, 4.69) is 5.32 Å².